The molecular weight excluding hydrogens is 378 g/mol. The Morgan fingerprint density at radius 1 is 1.20 bits per heavy atom. The van der Waals surface area contributed by atoms with Crippen LogP contribution in [0.2, 0.25) is 0 Å². The summed E-state index contributed by atoms with van der Waals surface area (Å²) in [5, 5.41) is 3.12. The van der Waals surface area contributed by atoms with E-state index in [2.05, 4.69) is 55.0 Å². The Kier molecular flexibility index (Phi) is 8.05. The van der Waals surface area contributed by atoms with E-state index >= 15 is 0 Å². The number of benzene rings is 1. The number of carbonyl (C=O) groups excluding carboxylic acids is 1. The summed E-state index contributed by atoms with van der Waals surface area (Å²) in [4.78, 5) is 19.2. The molecule has 0 aliphatic carbocycles. The van der Waals surface area contributed by atoms with Gasteiger partial charge in [0.1, 0.15) is 0 Å². The number of hydrogen-bond acceptors (Lipinski definition) is 5. The maximum absolute atomic E-state index is 12.4. The van der Waals surface area contributed by atoms with Crippen molar-refractivity contribution in [3.63, 3.8) is 0 Å². The lowest BCUT2D eigenvalue weighted by molar-refractivity contribution is -0.121. The van der Waals surface area contributed by atoms with Crippen molar-refractivity contribution in [2.75, 3.05) is 32.8 Å². The zero-order valence-electron chi connectivity index (χ0n) is 18.7. The third kappa shape index (κ3) is 6.41. The van der Waals surface area contributed by atoms with Gasteiger partial charge in [0.05, 0.1) is 19.4 Å². The van der Waals surface area contributed by atoms with Gasteiger partial charge in [-0.3, -0.25) is 9.69 Å². The third-order valence-corrected chi connectivity index (χ3v) is 5.75. The molecule has 0 spiro atoms. The van der Waals surface area contributed by atoms with Gasteiger partial charge in [-0.05, 0) is 43.4 Å². The Balaban J connectivity index is 1.49. The van der Waals surface area contributed by atoms with Crippen molar-refractivity contribution < 1.29 is 13.9 Å². The van der Waals surface area contributed by atoms with Crippen LogP contribution in [0.25, 0.3) is 11.3 Å². The van der Waals surface area contributed by atoms with Crippen LogP contribution in [0.15, 0.2) is 28.8 Å². The van der Waals surface area contributed by atoms with Gasteiger partial charge in [-0.25, -0.2) is 4.98 Å². The van der Waals surface area contributed by atoms with Crippen molar-refractivity contribution in [2.45, 2.75) is 53.0 Å². The highest BCUT2D eigenvalue weighted by molar-refractivity contribution is 5.76. The predicted octanol–water partition coefficient (Wildman–Crippen LogP) is 3.75. The molecule has 1 aromatic heterocycles. The number of nitrogens with one attached hydrogen (secondary N) is 1. The molecule has 1 N–H and O–H groups in total. The van der Waals surface area contributed by atoms with Gasteiger partial charge in [-0.15, -0.1) is 0 Å². The standard InChI is InChI=1S/C24H35N3O3/c1-17(2)13-21(27-9-11-29-12-10-27)15-25-23(28)7-8-24-26-16-22(30-24)20-6-5-18(3)19(4)14-20/h5-6,14,16-17,21H,7-13,15H2,1-4H3,(H,25,28)/t21-/m0/s1. The second-order valence-electron chi connectivity index (χ2n) is 8.65. The maximum Gasteiger partial charge on any atom is 0.220 e. The number of hydrogen-bond donors (Lipinski definition) is 1. The molecule has 0 saturated carbocycles. The van der Waals surface area contributed by atoms with E-state index in [0.29, 0.717) is 37.2 Å². The fraction of sp³-hybridized carbons (Fsp3) is 0.583. The van der Waals surface area contributed by atoms with Gasteiger partial charge in [-0.2, -0.15) is 0 Å². The summed E-state index contributed by atoms with van der Waals surface area (Å²) < 4.78 is 11.3. The molecule has 1 atom stereocenters. The van der Waals surface area contributed by atoms with Crippen LogP contribution in [0, 0.1) is 19.8 Å². The van der Waals surface area contributed by atoms with E-state index in [-0.39, 0.29) is 5.91 Å². The number of carbonyl (C=O) groups is 1. The molecule has 30 heavy (non-hydrogen) atoms. The number of ether oxygens (including phenoxy) is 1. The van der Waals surface area contributed by atoms with E-state index in [0.717, 1.165) is 44.0 Å². The van der Waals surface area contributed by atoms with Crippen molar-refractivity contribution in [1.29, 1.82) is 0 Å². The Morgan fingerprint density at radius 2 is 1.97 bits per heavy atom. The van der Waals surface area contributed by atoms with E-state index in [4.69, 9.17) is 9.15 Å². The molecule has 0 unspecified atom stereocenters. The summed E-state index contributed by atoms with van der Waals surface area (Å²) in [6.45, 7) is 12.7. The number of morpholine rings is 1. The summed E-state index contributed by atoms with van der Waals surface area (Å²) in [7, 11) is 0. The lowest BCUT2D eigenvalue weighted by atomic mass is 10.0. The van der Waals surface area contributed by atoms with Crippen molar-refractivity contribution in [3.05, 3.63) is 41.4 Å². The van der Waals surface area contributed by atoms with E-state index in [9.17, 15) is 4.79 Å². The van der Waals surface area contributed by atoms with Crippen LogP contribution in [0.4, 0.5) is 0 Å². The Bertz CT molecular complexity index is 825. The number of aryl methyl sites for hydroxylation is 3. The van der Waals surface area contributed by atoms with Crippen LogP contribution in [-0.4, -0.2) is 54.7 Å². The average Bonchev–Trinajstić information content (AvgIpc) is 3.21. The molecule has 2 heterocycles. The van der Waals surface area contributed by atoms with Gasteiger partial charge in [0.2, 0.25) is 5.91 Å². The van der Waals surface area contributed by atoms with Crippen LogP contribution in [0.3, 0.4) is 0 Å². The van der Waals surface area contributed by atoms with Crippen molar-refractivity contribution >= 4 is 5.91 Å². The first kappa shape index (κ1) is 22.5. The largest absolute Gasteiger partial charge is 0.441 e. The van der Waals surface area contributed by atoms with Crippen LogP contribution in [-0.2, 0) is 16.0 Å². The number of amides is 1. The Hall–Kier alpha value is -2.18. The predicted molar refractivity (Wildman–Crippen MR) is 118 cm³/mol. The quantitative estimate of drug-likeness (QED) is 0.678. The summed E-state index contributed by atoms with van der Waals surface area (Å²) in [5.41, 5.74) is 3.49. The normalized spacial score (nSPS) is 16.0. The third-order valence-electron chi connectivity index (χ3n) is 5.75. The molecule has 0 radical (unpaired) electrons. The topological polar surface area (TPSA) is 67.6 Å². The van der Waals surface area contributed by atoms with E-state index in [1.54, 1.807) is 6.20 Å². The molecule has 0 bridgehead atoms. The van der Waals surface area contributed by atoms with Gasteiger partial charge in [0.15, 0.2) is 11.7 Å². The second-order valence-corrected chi connectivity index (χ2v) is 8.65. The Labute approximate surface area is 180 Å². The first-order chi connectivity index (χ1) is 14.4. The molecule has 1 aliphatic heterocycles. The van der Waals surface area contributed by atoms with Crippen molar-refractivity contribution in [3.8, 4) is 11.3 Å². The summed E-state index contributed by atoms with van der Waals surface area (Å²) >= 11 is 0. The number of nitrogens with zero attached hydrogens (tertiary/aromatic N) is 2. The molecule has 3 rings (SSSR count). The van der Waals surface area contributed by atoms with Gasteiger partial charge in [0, 0.05) is 44.1 Å². The lowest BCUT2D eigenvalue weighted by Gasteiger charge is -2.35. The zero-order chi connectivity index (χ0) is 21.5. The first-order valence-electron chi connectivity index (χ1n) is 11.0. The van der Waals surface area contributed by atoms with Gasteiger partial charge in [-0.1, -0.05) is 26.0 Å². The van der Waals surface area contributed by atoms with E-state index in [1.807, 2.05) is 6.07 Å². The molecule has 1 amide bonds. The minimum atomic E-state index is 0.0444. The molecule has 6 heteroatoms. The molecule has 1 saturated heterocycles. The molecule has 164 valence electrons. The van der Waals surface area contributed by atoms with Crippen LogP contribution >= 0.6 is 0 Å². The van der Waals surface area contributed by atoms with Crippen LogP contribution < -0.4 is 5.32 Å². The van der Waals surface area contributed by atoms with E-state index in [1.165, 1.54) is 11.1 Å². The van der Waals surface area contributed by atoms with Crippen LogP contribution in [0.5, 0.6) is 0 Å². The molecule has 1 aromatic carbocycles. The molecular formula is C24H35N3O3. The fourth-order valence-electron chi connectivity index (χ4n) is 3.84. The fourth-order valence-corrected chi connectivity index (χ4v) is 3.84. The first-order valence-corrected chi connectivity index (χ1v) is 11.0. The van der Waals surface area contributed by atoms with Crippen molar-refractivity contribution in [2.24, 2.45) is 5.92 Å². The Morgan fingerprint density at radius 3 is 2.67 bits per heavy atom. The monoisotopic (exact) mass is 413 g/mol. The highest BCUT2D eigenvalue weighted by Crippen LogP contribution is 2.23. The van der Waals surface area contributed by atoms with Gasteiger partial charge in [0.25, 0.3) is 0 Å². The summed E-state index contributed by atoms with van der Waals surface area (Å²) in [6, 6.07) is 6.59. The number of aromatic nitrogens is 1. The minimum absolute atomic E-state index is 0.0444. The minimum Gasteiger partial charge on any atom is -0.441 e. The highest BCUT2D eigenvalue weighted by atomic mass is 16.5. The second kappa shape index (κ2) is 10.7. The molecule has 1 fully saturated rings. The molecule has 1 aliphatic rings. The maximum atomic E-state index is 12.4. The SMILES string of the molecule is Cc1ccc(-c2cnc(CCC(=O)NC[C@H](CC(C)C)N3CCOCC3)o2)cc1C. The van der Waals surface area contributed by atoms with Gasteiger partial charge < -0.3 is 14.5 Å². The smallest absolute Gasteiger partial charge is 0.220 e. The summed E-state index contributed by atoms with van der Waals surface area (Å²) in [5.74, 6) is 1.98. The number of oxazole rings is 1. The van der Waals surface area contributed by atoms with E-state index < -0.39 is 0 Å². The van der Waals surface area contributed by atoms with Crippen LogP contribution in [0.1, 0.15) is 43.7 Å². The lowest BCUT2D eigenvalue weighted by Crippen LogP contribution is -2.49. The average molecular weight is 414 g/mol. The molecule has 6 nitrogen and oxygen atoms in total. The van der Waals surface area contributed by atoms with Gasteiger partial charge >= 0.3 is 0 Å². The van der Waals surface area contributed by atoms with Crippen molar-refractivity contribution in [1.82, 2.24) is 15.2 Å². The molecule has 2 aromatic rings. The number of rotatable bonds is 9. The zero-order valence-corrected chi connectivity index (χ0v) is 18.7. The highest BCUT2D eigenvalue weighted by Gasteiger charge is 2.22. The summed E-state index contributed by atoms with van der Waals surface area (Å²) in [6.07, 6.45) is 3.70.